The summed E-state index contributed by atoms with van der Waals surface area (Å²) >= 11 is 0. The van der Waals surface area contributed by atoms with Gasteiger partial charge in [0.25, 0.3) is 0 Å². The molecule has 0 spiro atoms. The van der Waals surface area contributed by atoms with E-state index >= 15 is 0 Å². The van der Waals surface area contributed by atoms with E-state index in [4.69, 9.17) is 9.47 Å². The maximum atomic E-state index is 11.6. The Labute approximate surface area is 149 Å². The van der Waals surface area contributed by atoms with Gasteiger partial charge in [-0.1, -0.05) is 0 Å². The molecule has 2 heterocycles. The molecule has 2 rings (SSSR count). The lowest BCUT2D eigenvalue weighted by atomic mass is 10.0. The first-order valence-electron chi connectivity index (χ1n) is 8.30. The molecule has 0 unspecified atom stereocenters. The van der Waals surface area contributed by atoms with Crippen molar-refractivity contribution in [3.05, 3.63) is 23.4 Å². The largest absolute Gasteiger partial charge is 0.369 e. The van der Waals surface area contributed by atoms with Gasteiger partial charge < -0.3 is 19.3 Å². The van der Waals surface area contributed by atoms with Crippen LogP contribution in [0, 0.1) is 18.3 Å². The molecule has 1 aliphatic heterocycles. The van der Waals surface area contributed by atoms with Crippen molar-refractivity contribution in [2.75, 3.05) is 45.3 Å². The number of anilines is 1. The van der Waals surface area contributed by atoms with Crippen LogP contribution in [-0.2, 0) is 14.3 Å². The number of nitriles is 1. The molecule has 0 N–H and O–H groups in total. The molecule has 0 bridgehead atoms. The molecule has 1 aromatic rings. The summed E-state index contributed by atoms with van der Waals surface area (Å²) in [5, 5.41) is 9.38. The Bertz CT molecular complexity index is 667. The van der Waals surface area contributed by atoms with Gasteiger partial charge in [-0.2, -0.15) is 5.26 Å². The zero-order valence-corrected chi connectivity index (χ0v) is 15.6. The van der Waals surface area contributed by atoms with Crippen molar-refractivity contribution >= 4 is 11.7 Å². The highest BCUT2D eigenvalue weighted by Gasteiger charge is 2.35. The normalized spacial score (nSPS) is 19.4. The van der Waals surface area contributed by atoms with Gasteiger partial charge in [0.15, 0.2) is 0 Å². The van der Waals surface area contributed by atoms with Crippen LogP contribution < -0.4 is 4.90 Å². The van der Waals surface area contributed by atoms with Gasteiger partial charge in [0.05, 0.1) is 23.9 Å². The lowest BCUT2D eigenvalue weighted by molar-refractivity contribution is -0.139. The van der Waals surface area contributed by atoms with Gasteiger partial charge in [-0.15, -0.1) is 0 Å². The molecular weight excluding hydrogens is 320 g/mol. The Balaban J connectivity index is 2.09. The molecule has 1 aliphatic rings. The van der Waals surface area contributed by atoms with Crippen LogP contribution in [0.5, 0.6) is 0 Å². The second kappa shape index (κ2) is 7.81. The molecule has 0 aromatic carbocycles. The van der Waals surface area contributed by atoms with Gasteiger partial charge in [-0.05, 0) is 32.9 Å². The van der Waals surface area contributed by atoms with Crippen molar-refractivity contribution in [1.82, 2.24) is 9.88 Å². The molecule has 1 atom stereocenters. The minimum atomic E-state index is -0.407. The number of aryl methyl sites for hydroxylation is 1. The summed E-state index contributed by atoms with van der Waals surface area (Å²) in [6.07, 6.45) is -0.201. The van der Waals surface area contributed by atoms with Crippen LogP contribution >= 0.6 is 0 Å². The Morgan fingerprint density at radius 3 is 2.88 bits per heavy atom. The number of ether oxygens (including phenoxy) is 2. The number of carbonyl (C=O) groups is 1. The highest BCUT2D eigenvalue weighted by Crippen LogP contribution is 2.27. The van der Waals surface area contributed by atoms with Gasteiger partial charge in [0.1, 0.15) is 18.5 Å². The minimum absolute atomic E-state index is 0.0272. The van der Waals surface area contributed by atoms with Gasteiger partial charge >= 0.3 is 0 Å². The molecule has 7 heteroatoms. The number of pyridine rings is 1. The maximum Gasteiger partial charge on any atom is 0.248 e. The van der Waals surface area contributed by atoms with Crippen LogP contribution in [0.4, 0.5) is 5.82 Å². The van der Waals surface area contributed by atoms with Gasteiger partial charge in [-0.3, -0.25) is 4.79 Å². The summed E-state index contributed by atoms with van der Waals surface area (Å²) in [7, 11) is 3.39. The molecule has 1 saturated heterocycles. The average Bonchev–Trinajstić information content (AvgIpc) is 2.53. The first-order valence-corrected chi connectivity index (χ1v) is 8.30. The minimum Gasteiger partial charge on any atom is -0.369 e. The molecule has 0 saturated carbocycles. The smallest absolute Gasteiger partial charge is 0.248 e. The maximum absolute atomic E-state index is 11.6. The number of aromatic nitrogens is 1. The van der Waals surface area contributed by atoms with Crippen molar-refractivity contribution in [3.63, 3.8) is 0 Å². The van der Waals surface area contributed by atoms with E-state index in [-0.39, 0.29) is 18.6 Å². The SMILES string of the molecule is Cc1ccc(C#N)c(N2C[C@H](COCC(=O)N(C)C)OC(C)(C)C2)n1. The summed E-state index contributed by atoms with van der Waals surface area (Å²) < 4.78 is 11.6. The molecule has 25 heavy (non-hydrogen) atoms. The van der Waals surface area contributed by atoms with E-state index in [1.54, 1.807) is 20.2 Å². The van der Waals surface area contributed by atoms with Crippen LogP contribution in [0.15, 0.2) is 12.1 Å². The third kappa shape index (κ3) is 5.15. The summed E-state index contributed by atoms with van der Waals surface area (Å²) in [6.45, 7) is 7.43. The summed E-state index contributed by atoms with van der Waals surface area (Å²) in [5.41, 5.74) is 1.00. The number of carbonyl (C=O) groups excluding carboxylic acids is 1. The zero-order valence-electron chi connectivity index (χ0n) is 15.6. The van der Waals surface area contributed by atoms with E-state index in [9.17, 15) is 10.1 Å². The van der Waals surface area contributed by atoms with Crippen molar-refractivity contribution in [2.24, 2.45) is 0 Å². The van der Waals surface area contributed by atoms with Gasteiger partial charge in [0, 0.05) is 32.9 Å². The Morgan fingerprint density at radius 2 is 2.24 bits per heavy atom. The lowest BCUT2D eigenvalue weighted by Crippen LogP contribution is -2.54. The van der Waals surface area contributed by atoms with E-state index < -0.39 is 5.60 Å². The number of amides is 1. The molecule has 7 nitrogen and oxygen atoms in total. The fourth-order valence-corrected chi connectivity index (χ4v) is 2.82. The summed E-state index contributed by atoms with van der Waals surface area (Å²) in [6, 6.07) is 5.83. The quantitative estimate of drug-likeness (QED) is 0.801. The van der Waals surface area contributed by atoms with E-state index in [0.29, 0.717) is 31.1 Å². The van der Waals surface area contributed by atoms with Gasteiger partial charge in [0.2, 0.25) is 5.91 Å². The standard InChI is InChI=1S/C18H26N4O3/c1-13-6-7-14(8-19)17(20-13)22-9-15(25-18(2,3)12-22)10-24-11-16(23)21(4)5/h6-7,15H,9-12H2,1-5H3/t15-/m1/s1. The zero-order chi connectivity index (χ0) is 18.6. The molecule has 1 amide bonds. The first kappa shape index (κ1) is 19.2. The first-order chi connectivity index (χ1) is 11.7. The van der Waals surface area contributed by atoms with Crippen molar-refractivity contribution in [2.45, 2.75) is 32.5 Å². The molecule has 136 valence electrons. The predicted molar refractivity (Wildman–Crippen MR) is 94.4 cm³/mol. The monoisotopic (exact) mass is 346 g/mol. The number of hydrogen-bond acceptors (Lipinski definition) is 6. The fourth-order valence-electron chi connectivity index (χ4n) is 2.82. The Kier molecular flexibility index (Phi) is 5.98. The van der Waals surface area contributed by atoms with Crippen molar-refractivity contribution < 1.29 is 14.3 Å². The molecule has 0 aliphatic carbocycles. The third-order valence-corrected chi connectivity index (χ3v) is 3.94. The van der Waals surface area contributed by atoms with Crippen molar-refractivity contribution in [3.8, 4) is 6.07 Å². The van der Waals surface area contributed by atoms with E-state index in [2.05, 4.69) is 16.0 Å². The highest BCUT2D eigenvalue weighted by atomic mass is 16.5. The molecule has 1 aromatic heterocycles. The predicted octanol–water partition coefficient (Wildman–Crippen LogP) is 1.35. The van der Waals surface area contributed by atoms with Gasteiger partial charge in [-0.25, -0.2) is 4.98 Å². The molecular formula is C18H26N4O3. The number of morpholine rings is 1. The average molecular weight is 346 g/mol. The van der Waals surface area contributed by atoms with E-state index in [0.717, 1.165) is 5.69 Å². The number of nitrogens with zero attached hydrogens (tertiary/aromatic N) is 4. The Hall–Kier alpha value is -2.17. The third-order valence-electron chi connectivity index (χ3n) is 3.94. The topological polar surface area (TPSA) is 78.7 Å². The summed E-state index contributed by atoms with van der Waals surface area (Å²) in [4.78, 5) is 19.7. The number of hydrogen-bond donors (Lipinski definition) is 0. The van der Waals surface area contributed by atoms with Crippen LogP contribution in [0.2, 0.25) is 0 Å². The Morgan fingerprint density at radius 1 is 1.52 bits per heavy atom. The second-order valence-electron chi connectivity index (χ2n) is 7.12. The summed E-state index contributed by atoms with van der Waals surface area (Å²) in [5.74, 6) is 0.590. The number of rotatable bonds is 5. The highest BCUT2D eigenvalue weighted by molar-refractivity contribution is 5.76. The van der Waals surface area contributed by atoms with Crippen LogP contribution in [-0.4, -0.2) is 67.9 Å². The van der Waals surface area contributed by atoms with Crippen LogP contribution in [0.1, 0.15) is 25.1 Å². The van der Waals surface area contributed by atoms with E-state index in [1.807, 2.05) is 26.8 Å². The van der Waals surface area contributed by atoms with Crippen LogP contribution in [0.25, 0.3) is 0 Å². The fraction of sp³-hybridized carbons (Fsp3) is 0.611. The van der Waals surface area contributed by atoms with Crippen molar-refractivity contribution in [1.29, 1.82) is 5.26 Å². The van der Waals surface area contributed by atoms with E-state index in [1.165, 1.54) is 4.90 Å². The molecule has 1 fully saturated rings. The molecule has 0 radical (unpaired) electrons. The lowest BCUT2D eigenvalue weighted by Gasteiger charge is -2.43. The van der Waals surface area contributed by atoms with Crippen LogP contribution in [0.3, 0.4) is 0 Å². The second-order valence-corrected chi connectivity index (χ2v) is 7.12. The number of likely N-dealkylation sites (N-methyl/N-ethyl adjacent to an activating group) is 1.